The molecule has 1 aromatic carbocycles. The van der Waals surface area contributed by atoms with E-state index >= 15 is 0 Å². The summed E-state index contributed by atoms with van der Waals surface area (Å²) in [5, 5.41) is 30.9. The molecule has 0 fully saturated rings. The van der Waals surface area contributed by atoms with E-state index in [-0.39, 0.29) is 29.5 Å². The van der Waals surface area contributed by atoms with Crippen molar-refractivity contribution in [3.63, 3.8) is 0 Å². The number of pyridine rings is 1. The normalized spacial score (nSPS) is 9.60. The highest BCUT2D eigenvalue weighted by Crippen LogP contribution is 2.24. The minimum atomic E-state index is -0.709. The summed E-state index contributed by atoms with van der Waals surface area (Å²) >= 11 is 0. The SMILES string of the molecule is O=[N+]([O-])c1ccc(-[n+]2cccc(O)c2)c([N+](=O)[O-])c1.[Cl-]. The van der Waals surface area contributed by atoms with Crippen molar-refractivity contribution < 1.29 is 31.9 Å². The summed E-state index contributed by atoms with van der Waals surface area (Å²) in [6, 6.07) is 6.22. The molecule has 0 atom stereocenters. The summed E-state index contributed by atoms with van der Waals surface area (Å²) in [4.78, 5) is 20.2. The van der Waals surface area contributed by atoms with Crippen molar-refractivity contribution in [3.8, 4) is 11.4 Å². The van der Waals surface area contributed by atoms with Crippen molar-refractivity contribution in [1.82, 2.24) is 0 Å². The van der Waals surface area contributed by atoms with Gasteiger partial charge < -0.3 is 17.5 Å². The van der Waals surface area contributed by atoms with Crippen molar-refractivity contribution >= 4 is 11.4 Å². The van der Waals surface area contributed by atoms with Crippen LogP contribution in [0.1, 0.15) is 0 Å². The van der Waals surface area contributed by atoms with E-state index in [2.05, 4.69) is 0 Å². The predicted octanol–water partition coefficient (Wildman–Crippen LogP) is -1.51. The molecular formula is C11H8ClN3O5. The Morgan fingerprint density at radius 3 is 2.35 bits per heavy atom. The van der Waals surface area contributed by atoms with Crippen LogP contribution in [-0.4, -0.2) is 15.0 Å². The van der Waals surface area contributed by atoms with E-state index < -0.39 is 15.5 Å². The van der Waals surface area contributed by atoms with Gasteiger partial charge in [0.15, 0.2) is 11.9 Å². The van der Waals surface area contributed by atoms with E-state index in [1.54, 1.807) is 0 Å². The molecule has 1 N–H and O–H groups in total. The lowest BCUT2D eigenvalue weighted by Gasteiger charge is -1.98. The van der Waals surface area contributed by atoms with Gasteiger partial charge >= 0.3 is 5.69 Å². The molecule has 0 amide bonds. The molecule has 0 aliphatic rings. The third-order valence-electron chi connectivity index (χ3n) is 2.43. The van der Waals surface area contributed by atoms with E-state index in [1.807, 2.05) is 0 Å². The lowest BCUT2D eigenvalue weighted by molar-refractivity contribution is -0.601. The number of hydrogen-bond donors (Lipinski definition) is 1. The number of rotatable bonds is 3. The molecule has 0 aliphatic carbocycles. The first kappa shape index (κ1) is 15.3. The van der Waals surface area contributed by atoms with Gasteiger partial charge in [-0.15, -0.1) is 0 Å². The van der Waals surface area contributed by atoms with E-state index in [0.29, 0.717) is 0 Å². The molecule has 0 spiro atoms. The molecular weight excluding hydrogens is 290 g/mol. The van der Waals surface area contributed by atoms with Gasteiger partial charge in [-0.2, -0.15) is 4.57 Å². The fraction of sp³-hybridized carbons (Fsp3) is 0. The lowest BCUT2D eigenvalue weighted by atomic mass is 10.2. The van der Waals surface area contributed by atoms with E-state index in [0.717, 1.165) is 6.07 Å². The van der Waals surface area contributed by atoms with E-state index in [4.69, 9.17) is 0 Å². The zero-order valence-electron chi connectivity index (χ0n) is 9.84. The third-order valence-corrected chi connectivity index (χ3v) is 2.43. The highest BCUT2D eigenvalue weighted by Gasteiger charge is 2.26. The van der Waals surface area contributed by atoms with Crippen LogP contribution in [0.15, 0.2) is 42.7 Å². The molecule has 0 saturated carbocycles. The zero-order chi connectivity index (χ0) is 14.0. The molecule has 2 rings (SSSR count). The first-order chi connectivity index (χ1) is 8.99. The van der Waals surface area contributed by atoms with Crippen molar-refractivity contribution in [2.45, 2.75) is 0 Å². The van der Waals surface area contributed by atoms with Gasteiger partial charge in [-0.3, -0.25) is 20.2 Å². The molecule has 20 heavy (non-hydrogen) atoms. The van der Waals surface area contributed by atoms with Crippen LogP contribution in [0, 0.1) is 20.2 Å². The monoisotopic (exact) mass is 297 g/mol. The maximum Gasteiger partial charge on any atom is 0.347 e. The number of nitro benzene ring substituents is 2. The first-order valence-electron chi connectivity index (χ1n) is 5.12. The van der Waals surface area contributed by atoms with Gasteiger partial charge in [-0.25, -0.2) is 0 Å². The maximum absolute atomic E-state index is 11.0. The molecule has 1 aromatic heterocycles. The summed E-state index contributed by atoms with van der Waals surface area (Å²) in [6.07, 6.45) is 2.77. The number of nitrogens with zero attached hydrogens (tertiary/aromatic N) is 3. The van der Waals surface area contributed by atoms with Gasteiger partial charge in [0.05, 0.1) is 9.85 Å². The van der Waals surface area contributed by atoms with Crippen LogP contribution < -0.4 is 17.0 Å². The Bertz CT molecular complexity index is 677. The minimum Gasteiger partial charge on any atom is -1.00 e. The number of aromatic hydroxyl groups is 1. The molecule has 2 aromatic rings. The van der Waals surface area contributed by atoms with Crippen LogP contribution in [0.5, 0.6) is 5.75 Å². The standard InChI is InChI=1S/C11H7N3O5.ClH/c15-9-2-1-5-12(7-9)10-4-3-8(13(16)17)6-11(10)14(18)19;/h1-7H;1H. The lowest BCUT2D eigenvalue weighted by Crippen LogP contribution is -3.00. The Morgan fingerprint density at radius 1 is 1.10 bits per heavy atom. The first-order valence-corrected chi connectivity index (χ1v) is 5.12. The van der Waals surface area contributed by atoms with E-state index in [1.165, 1.54) is 41.2 Å². The fourth-order valence-corrected chi connectivity index (χ4v) is 1.60. The Labute approximate surface area is 118 Å². The summed E-state index contributed by atoms with van der Waals surface area (Å²) in [5.74, 6) is -0.0739. The Balaban J connectivity index is 0.00000200. The number of aromatic nitrogens is 1. The second-order valence-electron chi connectivity index (χ2n) is 3.66. The molecule has 1 heterocycles. The summed E-state index contributed by atoms with van der Waals surface area (Å²) in [7, 11) is 0. The highest BCUT2D eigenvalue weighted by atomic mass is 35.5. The molecule has 0 aliphatic heterocycles. The molecule has 104 valence electrons. The molecule has 8 nitrogen and oxygen atoms in total. The second kappa shape index (κ2) is 5.93. The number of non-ortho nitro benzene ring substituents is 1. The Kier molecular flexibility index (Phi) is 4.54. The zero-order valence-corrected chi connectivity index (χ0v) is 10.6. The van der Waals surface area contributed by atoms with Gasteiger partial charge in [0.2, 0.25) is 6.20 Å². The maximum atomic E-state index is 11.0. The predicted molar refractivity (Wildman–Crippen MR) is 62.9 cm³/mol. The van der Waals surface area contributed by atoms with Crippen LogP contribution in [0.25, 0.3) is 5.69 Å². The minimum absolute atomic E-state index is 0. The van der Waals surface area contributed by atoms with Gasteiger partial charge in [0.1, 0.15) is 6.07 Å². The number of hydrogen-bond acceptors (Lipinski definition) is 5. The van der Waals surface area contributed by atoms with Crippen LogP contribution in [0.3, 0.4) is 0 Å². The smallest absolute Gasteiger partial charge is 0.347 e. The third kappa shape index (κ3) is 2.98. The molecule has 0 bridgehead atoms. The Hall–Kier alpha value is -2.74. The molecule has 0 unspecified atom stereocenters. The van der Waals surface area contributed by atoms with Gasteiger partial charge in [0.25, 0.3) is 11.4 Å². The molecule has 9 heteroatoms. The topological polar surface area (TPSA) is 110 Å². The quantitative estimate of drug-likeness (QED) is 0.421. The number of benzene rings is 1. The van der Waals surface area contributed by atoms with Crippen LogP contribution >= 0.6 is 0 Å². The van der Waals surface area contributed by atoms with Gasteiger partial charge in [-0.05, 0) is 6.07 Å². The largest absolute Gasteiger partial charge is 1.00 e. The second-order valence-corrected chi connectivity index (χ2v) is 3.66. The van der Waals surface area contributed by atoms with Crippen molar-refractivity contribution in [2.75, 3.05) is 0 Å². The van der Waals surface area contributed by atoms with Crippen molar-refractivity contribution in [3.05, 3.63) is 63.0 Å². The summed E-state index contributed by atoms with van der Waals surface area (Å²) in [5.41, 5.74) is -0.646. The fourth-order valence-electron chi connectivity index (χ4n) is 1.60. The van der Waals surface area contributed by atoms with Crippen LogP contribution in [0.4, 0.5) is 11.4 Å². The van der Waals surface area contributed by atoms with Crippen molar-refractivity contribution in [2.24, 2.45) is 0 Å². The average Bonchev–Trinajstić information content (AvgIpc) is 2.37. The highest BCUT2D eigenvalue weighted by molar-refractivity contribution is 5.53. The van der Waals surface area contributed by atoms with Crippen LogP contribution in [-0.2, 0) is 0 Å². The summed E-state index contributed by atoms with van der Waals surface area (Å²) in [6.45, 7) is 0. The van der Waals surface area contributed by atoms with Crippen LogP contribution in [0.2, 0.25) is 0 Å². The van der Waals surface area contributed by atoms with Gasteiger partial charge in [0, 0.05) is 18.2 Å². The van der Waals surface area contributed by atoms with E-state index in [9.17, 15) is 25.3 Å². The Morgan fingerprint density at radius 2 is 1.80 bits per heavy atom. The average molecular weight is 298 g/mol. The van der Waals surface area contributed by atoms with Gasteiger partial charge in [-0.1, -0.05) is 0 Å². The molecule has 0 saturated heterocycles. The molecule has 0 radical (unpaired) electrons. The number of nitro groups is 2. The summed E-state index contributed by atoms with van der Waals surface area (Å²) < 4.78 is 1.32. The number of halogens is 1. The van der Waals surface area contributed by atoms with Crippen molar-refractivity contribution in [1.29, 1.82) is 0 Å².